The Labute approximate surface area is 496 Å². The number of allylic oxidation sites excluding steroid dienone is 2. The molecule has 23 heteroatoms. The Bertz CT molecular complexity index is 2240. The zero-order valence-electron chi connectivity index (χ0n) is 54.9. The van der Waals surface area contributed by atoms with E-state index in [9.17, 15) is 48.3 Å². The van der Waals surface area contributed by atoms with Crippen molar-refractivity contribution in [3.05, 3.63) is 12.2 Å². The minimum absolute atomic E-state index is 0.0409. The van der Waals surface area contributed by atoms with E-state index in [-0.39, 0.29) is 61.2 Å². The molecule has 0 bridgehead atoms. The first-order valence-corrected chi connectivity index (χ1v) is 29.5. The largest absolute Gasteiger partial charge is 0.390 e. The number of nitrogens with one attached hydrogen (secondary N) is 3. The number of amides is 11. The van der Waals surface area contributed by atoms with Crippen LogP contribution in [0.25, 0.3) is 0 Å². The number of likely N-dealkylation sites (N-methyl/N-ethyl adjacent to an activating group) is 7. The molecule has 12 atom stereocenters. The molecular formula is C60H109N11O12. The first-order valence-electron chi connectivity index (χ1n) is 29.5. The van der Waals surface area contributed by atoms with Gasteiger partial charge in [0.2, 0.25) is 65.0 Å². The molecule has 0 rings (SSSR count). The van der Waals surface area contributed by atoms with E-state index < -0.39 is 138 Å². The predicted octanol–water partition coefficient (Wildman–Crippen LogP) is 2.87. The smallest absolute Gasteiger partial charge is 0.246 e. The summed E-state index contributed by atoms with van der Waals surface area (Å²) in [5.74, 6) is -8.61. The first kappa shape index (κ1) is 76.9. The first-order chi connectivity index (χ1) is 38.2. The molecule has 0 saturated heterocycles. The molecule has 83 heavy (non-hydrogen) atoms. The van der Waals surface area contributed by atoms with Crippen LogP contribution >= 0.6 is 0 Å². The number of carbonyl (C=O) groups is 11. The van der Waals surface area contributed by atoms with Crippen LogP contribution in [0.15, 0.2) is 12.2 Å². The number of hydrogen-bond donors (Lipinski definition) is 5. The van der Waals surface area contributed by atoms with Crippen molar-refractivity contribution in [2.24, 2.45) is 47.2 Å². The van der Waals surface area contributed by atoms with Crippen molar-refractivity contribution in [1.29, 1.82) is 0 Å². The molecule has 0 aromatic heterocycles. The second-order valence-corrected chi connectivity index (χ2v) is 24.8. The number of hydrogen-bond acceptors (Lipinski definition) is 12. The van der Waals surface area contributed by atoms with Crippen LogP contribution in [0.2, 0.25) is 0 Å². The molecule has 23 nitrogen and oxygen atoms in total. The molecule has 0 fully saturated rings. The molecule has 2 unspecified atom stereocenters. The van der Waals surface area contributed by atoms with Crippen molar-refractivity contribution in [3.63, 3.8) is 0 Å². The Kier molecular flexibility index (Phi) is 32.6. The summed E-state index contributed by atoms with van der Waals surface area (Å²) in [6, 6.07) is -10.5. The van der Waals surface area contributed by atoms with Gasteiger partial charge in [0.05, 0.1) is 12.6 Å². The van der Waals surface area contributed by atoms with Gasteiger partial charge in [-0.2, -0.15) is 0 Å². The fraction of sp³-hybridized carbons (Fsp3) is 0.783. The van der Waals surface area contributed by atoms with Gasteiger partial charge in [-0.1, -0.05) is 102 Å². The van der Waals surface area contributed by atoms with E-state index in [1.54, 1.807) is 67.7 Å². The van der Waals surface area contributed by atoms with Crippen LogP contribution in [-0.4, -0.2) is 221 Å². The van der Waals surface area contributed by atoms with Crippen molar-refractivity contribution < 1.29 is 57.8 Å². The monoisotopic (exact) mass is 1180 g/mol. The summed E-state index contributed by atoms with van der Waals surface area (Å²) in [5, 5.41) is 20.2. The molecule has 476 valence electrons. The van der Waals surface area contributed by atoms with E-state index in [2.05, 4.69) is 16.0 Å². The lowest BCUT2D eigenvalue weighted by molar-refractivity contribution is -0.157. The summed E-state index contributed by atoms with van der Waals surface area (Å²) in [7, 11) is 9.96. The molecule has 0 aliphatic heterocycles. The Morgan fingerprint density at radius 1 is 0.482 bits per heavy atom. The number of aliphatic hydroxyl groups is 1. The molecule has 6 N–H and O–H groups in total. The van der Waals surface area contributed by atoms with E-state index >= 15 is 9.59 Å². The quantitative estimate of drug-likeness (QED) is 0.0582. The van der Waals surface area contributed by atoms with Crippen molar-refractivity contribution in [2.75, 3.05) is 55.9 Å². The molecule has 0 spiro atoms. The predicted molar refractivity (Wildman–Crippen MR) is 321 cm³/mol. The standard InChI is InChI=1S/C60H109N11O12/c1-25-27-28-38(13)50(73)49(54(77)63-43(26-2)57(80)65(18)32-47(72)66(19)41(16)51(61)74)71(24)60(83)48(37(11)12)70(23)59(82)46(31-35(7)8)69(22)58(81)45(30-34(5)6)68(21)56(79)40(15)62-53(76)44(29-33(3)4)64-52(75)42(17)67(20)55(78)39(14)36(9)10/h25,27,33-46,48-50,73H,26,28-32H2,1-24H3,(H2,61,74)(H,62,76)(H,63,77)(H,64,75)/b27-25-/t38-,39+,40+,41-,42+,43+,44?,45-,46-,48-,49?,50+/m1/s1. The van der Waals surface area contributed by atoms with Crippen LogP contribution in [0.5, 0.6) is 0 Å². The van der Waals surface area contributed by atoms with Crippen LogP contribution in [0.4, 0.5) is 0 Å². The third kappa shape index (κ3) is 22.4. The normalized spacial score (nSPS) is 16.1. The van der Waals surface area contributed by atoms with Gasteiger partial charge in [0.25, 0.3) is 0 Å². The highest BCUT2D eigenvalue weighted by atomic mass is 16.3. The van der Waals surface area contributed by atoms with Gasteiger partial charge in [-0.15, -0.1) is 0 Å². The van der Waals surface area contributed by atoms with E-state index in [4.69, 9.17) is 5.73 Å². The minimum Gasteiger partial charge on any atom is -0.390 e. The lowest BCUT2D eigenvalue weighted by atomic mass is 9.91. The van der Waals surface area contributed by atoms with Crippen molar-refractivity contribution in [3.8, 4) is 0 Å². The molecule has 0 aromatic rings. The average Bonchev–Trinajstić information content (AvgIpc) is 3.45. The number of aliphatic hydroxyl groups excluding tert-OH is 1. The summed E-state index contributed by atoms with van der Waals surface area (Å²) < 4.78 is 0. The van der Waals surface area contributed by atoms with Crippen LogP contribution in [0.3, 0.4) is 0 Å². The number of carbonyl (C=O) groups excluding carboxylic acids is 11. The molecular weight excluding hydrogens is 1070 g/mol. The lowest BCUT2D eigenvalue weighted by Crippen LogP contribution is -2.63. The highest BCUT2D eigenvalue weighted by molar-refractivity contribution is 5.98. The lowest BCUT2D eigenvalue weighted by Gasteiger charge is -2.41. The van der Waals surface area contributed by atoms with E-state index in [1.807, 2.05) is 55.4 Å². The number of nitrogens with two attached hydrogens (primary N) is 1. The van der Waals surface area contributed by atoms with Crippen molar-refractivity contribution >= 4 is 65.0 Å². The maximum Gasteiger partial charge on any atom is 0.246 e. The zero-order valence-corrected chi connectivity index (χ0v) is 54.9. The number of primary amides is 1. The van der Waals surface area contributed by atoms with Gasteiger partial charge in [0.1, 0.15) is 54.4 Å². The highest BCUT2D eigenvalue weighted by Gasteiger charge is 2.45. The Morgan fingerprint density at radius 2 is 0.940 bits per heavy atom. The van der Waals surface area contributed by atoms with Gasteiger partial charge in [-0.05, 0) is 95.3 Å². The third-order valence-electron chi connectivity index (χ3n) is 15.8. The fourth-order valence-corrected chi connectivity index (χ4v) is 9.57. The summed E-state index contributed by atoms with van der Waals surface area (Å²) in [5.41, 5.74) is 5.38. The fourth-order valence-electron chi connectivity index (χ4n) is 9.57. The Morgan fingerprint density at radius 3 is 1.37 bits per heavy atom. The van der Waals surface area contributed by atoms with Gasteiger partial charge >= 0.3 is 0 Å². The maximum atomic E-state index is 15.1. The topological polar surface area (TPSA) is 293 Å². The minimum atomic E-state index is -1.59. The van der Waals surface area contributed by atoms with Crippen LogP contribution in [0, 0.1) is 41.4 Å². The highest BCUT2D eigenvalue weighted by Crippen LogP contribution is 2.25. The van der Waals surface area contributed by atoms with Gasteiger partial charge in [0.15, 0.2) is 0 Å². The molecule has 0 aliphatic carbocycles. The third-order valence-corrected chi connectivity index (χ3v) is 15.8. The number of rotatable bonds is 34. The summed E-state index contributed by atoms with van der Waals surface area (Å²) in [6.45, 7) is 29.5. The molecule has 0 heterocycles. The zero-order chi connectivity index (χ0) is 65.0. The van der Waals surface area contributed by atoms with Crippen LogP contribution in [-0.2, 0) is 52.7 Å². The molecule has 11 amide bonds. The molecule has 0 aromatic carbocycles. The van der Waals surface area contributed by atoms with Crippen molar-refractivity contribution in [2.45, 2.75) is 210 Å². The molecule has 0 saturated carbocycles. The van der Waals surface area contributed by atoms with E-state index in [1.165, 1.54) is 75.7 Å². The average molecular weight is 1180 g/mol. The summed E-state index contributed by atoms with van der Waals surface area (Å²) >= 11 is 0. The Hall–Kier alpha value is -6.13. The molecule has 0 radical (unpaired) electrons. The van der Waals surface area contributed by atoms with Crippen molar-refractivity contribution in [1.82, 2.24) is 50.2 Å². The van der Waals surface area contributed by atoms with Crippen LogP contribution < -0.4 is 21.7 Å². The van der Waals surface area contributed by atoms with E-state index in [0.717, 1.165) is 14.7 Å². The molecule has 0 aliphatic rings. The maximum absolute atomic E-state index is 15.1. The second-order valence-electron chi connectivity index (χ2n) is 24.8. The van der Waals surface area contributed by atoms with Gasteiger partial charge < -0.3 is 61.1 Å². The summed E-state index contributed by atoms with van der Waals surface area (Å²) in [6.07, 6.45) is 2.99. The van der Waals surface area contributed by atoms with Gasteiger partial charge in [0, 0.05) is 55.3 Å². The SMILES string of the molecule is C/C=C\C[C@@H](C)[C@H](O)C(C(=O)N[C@@H](CC)C(=O)N(C)CC(=O)N(C)[C@H](C)C(N)=O)N(C)C(=O)[C@@H](C(C)C)N(C)C(=O)[C@@H](CC(C)C)N(C)C(=O)[C@@H](CC(C)C)N(C)C(=O)[C@H](C)NC(=O)C(CC(C)C)NC(=O)[C@H](C)N(C)C(=O)[C@@H](C)C(C)C. The van der Waals surface area contributed by atoms with E-state index in [0.29, 0.717) is 6.42 Å². The summed E-state index contributed by atoms with van der Waals surface area (Å²) in [4.78, 5) is 162. The van der Waals surface area contributed by atoms with Gasteiger partial charge in [-0.25, -0.2) is 0 Å². The second kappa shape index (κ2) is 35.2. The Balaban J connectivity index is 7.11. The number of nitrogens with zero attached hydrogens (tertiary/aromatic N) is 7. The van der Waals surface area contributed by atoms with Crippen LogP contribution in [0.1, 0.15) is 150 Å². The van der Waals surface area contributed by atoms with Gasteiger partial charge in [-0.3, -0.25) is 52.7 Å².